The van der Waals surface area contributed by atoms with E-state index in [2.05, 4.69) is 10.3 Å². The molecule has 200 valence electrons. The van der Waals surface area contributed by atoms with Gasteiger partial charge in [-0.05, 0) is 83.6 Å². The summed E-state index contributed by atoms with van der Waals surface area (Å²) in [6.07, 6.45) is 4.31. The van der Waals surface area contributed by atoms with Crippen LogP contribution in [-0.2, 0) is 26.3 Å². The first-order chi connectivity index (χ1) is 17.5. The molecule has 0 saturated carbocycles. The molecule has 1 aromatic carbocycles. The molecular weight excluding hydrogens is 468 g/mol. The summed E-state index contributed by atoms with van der Waals surface area (Å²) < 4.78 is 5.48. The molecule has 2 saturated heterocycles. The van der Waals surface area contributed by atoms with Crippen LogP contribution < -0.4 is 10.1 Å². The van der Waals surface area contributed by atoms with Gasteiger partial charge in [-0.1, -0.05) is 0 Å². The summed E-state index contributed by atoms with van der Waals surface area (Å²) >= 11 is 0. The average molecular weight is 509 g/mol. The number of rotatable bonds is 4. The molecule has 1 unspecified atom stereocenters. The van der Waals surface area contributed by atoms with Crippen LogP contribution in [0.5, 0.6) is 5.75 Å². The Bertz CT molecular complexity index is 1220. The Labute approximate surface area is 219 Å². The van der Waals surface area contributed by atoms with Crippen LogP contribution in [0, 0.1) is 11.8 Å². The van der Waals surface area contributed by atoms with Crippen molar-refractivity contribution in [2.45, 2.75) is 77.3 Å². The van der Waals surface area contributed by atoms with Gasteiger partial charge in [0.05, 0.1) is 18.6 Å². The molecule has 3 amide bonds. The van der Waals surface area contributed by atoms with Crippen molar-refractivity contribution in [3.63, 3.8) is 0 Å². The van der Waals surface area contributed by atoms with Gasteiger partial charge in [0.2, 0.25) is 17.7 Å². The number of hydrogen-bond donors (Lipinski definition) is 2. The van der Waals surface area contributed by atoms with Crippen molar-refractivity contribution in [2.24, 2.45) is 11.8 Å². The molecule has 0 spiro atoms. The van der Waals surface area contributed by atoms with E-state index in [0.29, 0.717) is 19.4 Å². The van der Waals surface area contributed by atoms with Gasteiger partial charge in [0.1, 0.15) is 5.75 Å². The molecule has 4 heterocycles. The Hall–Kier alpha value is -3.03. The number of H-pyrrole nitrogens is 1. The number of ether oxygens (including phenoxy) is 1. The largest absolute Gasteiger partial charge is 0.497 e. The number of aromatic amines is 1. The van der Waals surface area contributed by atoms with E-state index in [4.69, 9.17) is 4.74 Å². The fourth-order valence-corrected chi connectivity index (χ4v) is 6.71. The summed E-state index contributed by atoms with van der Waals surface area (Å²) in [7, 11) is 1.66. The molecule has 1 aromatic heterocycles. The van der Waals surface area contributed by atoms with Crippen LogP contribution in [-0.4, -0.2) is 64.8 Å². The molecule has 0 aliphatic carbocycles. The maximum absolute atomic E-state index is 14.2. The molecule has 3 atom stereocenters. The van der Waals surface area contributed by atoms with Gasteiger partial charge >= 0.3 is 0 Å². The second-order valence-electron chi connectivity index (χ2n) is 12.2. The third-order valence-corrected chi connectivity index (χ3v) is 8.49. The SMILES string of the molecule is COc1ccc2[nH]c3c(c2c1)CCN1C(=O)C(CC(=O)NC(C)(C)C)C[C@H](C(=O)N2CCCCC2)[C@@]31C. The van der Waals surface area contributed by atoms with E-state index in [9.17, 15) is 14.4 Å². The number of nitrogens with zero attached hydrogens (tertiary/aromatic N) is 2. The highest BCUT2D eigenvalue weighted by molar-refractivity contribution is 5.93. The molecule has 3 aliphatic rings. The van der Waals surface area contributed by atoms with Crippen molar-refractivity contribution in [1.29, 1.82) is 0 Å². The maximum atomic E-state index is 14.2. The minimum Gasteiger partial charge on any atom is -0.497 e. The Kier molecular flexibility index (Phi) is 6.49. The summed E-state index contributed by atoms with van der Waals surface area (Å²) in [6, 6.07) is 5.97. The lowest BCUT2D eigenvalue weighted by molar-refractivity contribution is -0.164. The highest BCUT2D eigenvalue weighted by Crippen LogP contribution is 2.50. The third kappa shape index (κ3) is 4.48. The molecule has 0 radical (unpaired) electrons. The number of fused-ring (bicyclic) bond motifs is 5. The lowest BCUT2D eigenvalue weighted by atomic mass is 9.67. The number of carbonyl (C=O) groups excluding carboxylic acids is 3. The Morgan fingerprint density at radius 1 is 1.16 bits per heavy atom. The van der Waals surface area contributed by atoms with Gasteiger partial charge in [-0.15, -0.1) is 0 Å². The number of hydrogen-bond acceptors (Lipinski definition) is 4. The number of carbonyl (C=O) groups is 3. The first-order valence-electron chi connectivity index (χ1n) is 13.6. The highest BCUT2D eigenvalue weighted by Gasteiger charge is 2.57. The zero-order chi connectivity index (χ0) is 26.5. The van der Waals surface area contributed by atoms with E-state index in [1.807, 2.05) is 55.7 Å². The fraction of sp³-hybridized carbons (Fsp3) is 0.621. The molecule has 2 N–H and O–H groups in total. The number of likely N-dealkylation sites (tertiary alicyclic amines) is 1. The first-order valence-corrected chi connectivity index (χ1v) is 13.6. The quantitative estimate of drug-likeness (QED) is 0.658. The van der Waals surface area contributed by atoms with Crippen molar-refractivity contribution in [2.75, 3.05) is 26.7 Å². The van der Waals surface area contributed by atoms with E-state index in [1.165, 1.54) is 0 Å². The zero-order valence-electron chi connectivity index (χ0n) is 22.8. The topological polar surface area (TPSA) is 94.7 Å². The summed E-state index contributed by atoms with van der Waals surface area (Å²) in [5.41, 5.74) is 1.90. The van der Waals surface area contributed by atoms with Crippen LogP contribution in [0.25, 0.3) is 10.9 Å². The molecule has 5 rings (SSSR count). The Balaban J connectivity index is 1.56. The fourth-order valence-electron chi connectivity index (χ4n) is 6.71. The Morgan fingerprint density at radius 2 is 1.89 bits per heavy atom. The highest BCUT2D eigenvalue weighted by atomic mass is 16.5. The van der Waals surface area contributed by atoms with Crippen LogP contribution in [0.4, 0.5) is 0 Å². The molecule has 0 bridgehead atoms. The normalized spacial score (nSPS) is 26.0. The maximum Gasteiger partial charge on any atom is 0.228 e. The Morgan fingerprint density at radius 3 is 2.57 bits per heavy atom. The van der Waals surface area contributed by atoms with Gasteiger partial charge in [-0.2, -0.15) is 0 Å². The minimum absolute atomic E-state index is 0.0314. The molecule has 2 fully saturated rings. The van der Waals surface area contributed by atoms with Gasteiger partial charge in [-0.3, -0.25) is 14.4 Å². The molecule has 8 heteroatoms. The molecular formula is C29H40N4O4. The second-order valence-corrected chi connectivity index (χ2v) is 12.2. The van der Waals surface area contributed by atoms with E-state index < -0.39 is 17.4 Å². The van der Waals surface area contributed by atoms with Crippen LogP contribution in [0.1, 0.15) is 71.1 Å². The predicted octanol–water partition coefficient (Wildman–Crippen LogP) is 3.73. The zero-order valence-corrected chi connectivity index (χ0v) is 22.8. The van der Waals surface area contributed by atoms with Crippen LogP contribution in [0.15, 0.2) is 18.2 Å². The third-order valence-electron chi connectivity index (χ3n) is 8.49. The summed E-state index contributed by atoms with van der Waals surface area (Å²) in [5.74, 6) is -0.229. The number of nitrogens with one attached hydrogen (secondary N) is 2. The van der Waals surface area contributed by atoms with Crippen molar-refractivity contribution < 1.29 is 19.1 Å². The lowest BCUT2D eigenvalue weighted by Gasteiger charge is -2.54. The molecule has 8 nitrogen and oxygen atoms in total. The van der Waals surface area contributed by atoms with Crippen molar-refractivity contribution >= 4 is 28.6 Å². The second kappa shape index (κ2) is 9.37. The summed E-state index contributed by atoms with van der Waals surface area (Å²) in [4.78, 5) is 48.4. The predicted molar refractivity (Wildman–Crippen MR) is 142 cm³/mol. The smallest absolute Gasteiger partial charge is 0.228 e. The van der Waals surface area contributed by atoms with E-state index in [1.54, 1.807) is 7.11 Å². The number of methoxy groups -OCH3 is 1. The van der Waals surface area contributed by atoms with E-state index >= 15 is 0 Å². The molecule has 2 aromatic rings. The van der Waals surface area contributed by atoms with Crippen LogP contribution >= 0.6 is 0 Å². The standard InChI is InChI=1S/C29H40N4O4/c1-28(2,3)31-24(34)16-18-15-22(27(36)32-12-7-6-8-13-32)29(4)25-20(11-14-33(29)26(18)35)21-17-19(37-5)9-10-23(21)30-25/h9-10,17-18,22,30H,6-8,11-16H2,1-5H3,(H,31,34)/t18?,22-,29+/m1/s1. The number of amides is 3. The van der Waals surface area contributed by atoms with Crippen LogP contribution in [0.2, 0.25) is 0 Å². The number of piperidine rings is 2. The van der Waals surface area contributed by atoms with E-state index in [0.717, 1.165) is 60.3 Å². The van der Waals surface area contributed by atoms with Gasteiger partial charge in [0.25, 0.3) is 0 Å². The van der Waals surface area contributed by atoms with Gasteiger partial charge in [-0.25, -0.2) is 0 Å². The van der Waals surface area contributed by atoms with Crippen molar-refractivity contribution in [3.8, 4) is 5.75 Å². The van der Waals surface area contributed by atoms with Gasteiger partial charge in [0.15, 0.2) is 0 Å². The molecule has 3 aliphatic heterocycles. The van der Waals surface area contributed by atoms with Gasteiger partial charge < -0.3 is 24.8 Å². The van der Waals surface area contributed by atoms with Crippen molar-refractivity contribution in [1.82, 2.24) is 20.1 Å². The average Bonchev–Trinajstić information content (AvgIpc) is 3.24. The first kappa shape index (κ1) is 25.6. The van der Waals surface area contributed by atoms with E-state index in [-0.39, 0.29) is 29.7 Å². The van der Waals surface area contributed by atoms with Crippen molar-refractivity contribution in [3.05, 3.63) is 29.5 Å². The lowest BCUT2D eigenvalue weighted by Crippen LogP contribution is -2.64. The summed E-state index contributed by atoms with van der Waals surface area (Å²) in [5, 5.41) is 4.08. The van der Waals surface area contributed by atoms with Gasteiger partial charge in [0, 0.05) is 54.1 Å². The number of benzene rings is 1. The monoisotopic (exact) mass is 508 g/mol. The number of aromatic nitrogens is 1. The van der Waals surface area contributed by atoms with Crippen LogP contribution in [0.3, 0.4) is 0 Å². The summed E-state index contributed by atoms with van der Waals surface area (Å²) in [6.45, 7) is 9.89. The minimum atomic E-state index is -0.803. The molecule has 37 heavy (non-hydrogen) atoms.